The van der Waals surface area contributed by atoms with E-state index in [4.69, 9.17) is 4.74 Å². The van der Waals surface area contributed by atoms with Crippen molar-refractivity contribution in [2.45, 2.75) is 23.6 Å². The minimum atomic E-state index is -3.63. The molecule has 1 amide bonds. The van der Waals surface area contributed by atoms with Gasteiger partial charge in [0, 0.05) is 25.0 Å². The summed E-state index contributed by atoms with van der Waals surface area (Å²) in [5, 5.41) is 2.59. The molecule has 0 aromatic heterocycles. The Hall–Kier alpha value is -2.43. The smallest absolute Gasteiger partial charge is 0.262 e. The van der Waals surface area contributed by atoms with Crippen LogP contribution in [0.2, 0.25) is 0 Å². The summed E-state index contributed by atoms with van der Waals surface area (Å²) in [6.45, 7) is 3.90. The van der Waals surface area contributed by atoms with E-state index in [0.717, 1.165) is 6.26 Å². The van der Waals surface area contributed by atoms with E-state index in [2.05, 4.69) is 5.32 Å². The summed E-state index contributed by atoms with van der Waals surface area (Å²) in [5.41, 5.74) is 0.333. The Morgan fingerprint density at radius 3 is 2.14 bits per heavy atom. The number of ether oxygens (including phenoxy) is 1. The van der Waals surface area contributed by atoms with Crippen molar-refractivity contribution in [3.63, 3.8) is 0 Å². The Morgan fingerprint density at radius 2 is 1.59 bits per heavy atom. The van der Waals surface area contributed by atoms with E-state index < -0.39 is 25.8 Å². The maximum absolute atomic E-state index is 12.6. The van der Waals surface area contributed by atoms with E-state index in [0.29, 0.717) is 24.5 Å². The monoisotopic (exact) mass is 440 g/mol. The van der Waals surface area contributed by atoms with Gasteiger partial charge in [0.2, 0.25) is 10.0 Å². The fraction of sp³-hybridized carbons (Fsp3) is 0.316. The highest BCUT2D eigenvalue weighted by atomic mass is 32.2. The first kappa shape index (κ1) is 22.9. The molecule has 0 radical (unpaired) electrons. The van der Waals surface area contributed by atoms with Crippen molar-refractivity contribution in [3.8, 4) is 5.75 Å². The zero-order valence-corrected chi connectivity index (χ0v) is 18.1. The third-order valence-corrected chi connectivity index (χ3v) is 7.26. The van der Waals surface area contributed by atoms with Gasteiger partial charge in [-0.05, 0) is 42.5 Å². The Morgan fingerprint density at radius 1 is 0.966 bits per heavy atom. The third kappa shape index (κ3) is 6.02. The summed E-state index contributed by atoms with van der Waals surface area (Å²) in [6, 6.07) is 11.7. The first-order valence-corrected chi connectivity index (χ1v) is 12.2. The van der Waals surface area contributed by atoms with E-state index in [1.807, 2.05) is 0 Å². The van der Waals surface area contributed by atoms with Crippen molar-refractivity contribution in [1.82, 2.24) is 4.31 Å². The van der Waals surface area contributed by atoms with Crippen molar-refractivity contribution < 1.29 is 26.4 Å². The molecular weight excluding hydrogens is 416 g/mol. The SMILES string of the molecule is CCN(CC)S(=O)(=O)c1cccc(NC(=O)COc2ccc(S(C)(=O)=O)cc2)c1. The van der Waals surface area contributed by atoms with E-state index in [-0.39, 0.29) is 16.4 Å². The second kappa shape index (κ2) is 9.38. The molecule has 10 heteroatoms. The van der Waals surface area contributed by atoms with Crippen LogP contribution in [0.4, 0.5) is 5.69 Å². The van der Waals surface area contributed by atoms with Crippen LogP contribution in [0.3, 0.4) is 0 Å². The highest BCUT2D eigenvalue weighted by Gasteiger charge is 2.21. The molecule has 0 unspecified atom stereocenters. The van der Waals surface area contributed by atoms with E-state index >= 15 is 0 Å². The molecule has 0 aliphatic rings. The van der Waals surface area contributed by atoms with Crippen molar-refractivity contribution >= 4 is 31.5 Å². The zero-order chi connectivity index (χ0) is 21.7. The van der Waals surface area contributed by atoms with Crippen molar-refractivity contribution in [2.24, 2.45) is 0 Å². The lowest BCUT2D eigenvalue weighted by molar-refractivity contribution is -0.118. The molecule has 0 heterocycles. The molecule has 0 aliphatic carbocycles. The number of benzene rings is 2. The highest BCUT2D eigenvalue weighted by Crippen LogP contribution is 2.20. The molecule has 0 fully saturated rings. The predicted octanol–water partition coefficient (Wildman–Crippen LogP) is 2.14. The average molecular weight is 441 g/mol. The summed E-state index contributed by atoms with van der Waals surface area (Å²) in [7, 11) is -6.93. The van der Waals surface area contributed by atoms with Crippen molar-refractivity contribution in [3.05, 3.63) is 48.5 Å². The molecule has 8 nitrogen and oxygen atoms in total. The Kier molecular flexibility index (Phi) is 7.39. The van der Waals surface area contributed by atoms with Crippen LogP contribution in [0.1, 0.15) is 13.8 Å². The van der Waals surface area contributed by atoms with Gasteiger partial charge in [-0.1, -0.05) is 19.9 Å². The number of nitrogens with one attached hydrogen (secondary N) is 1. The van der Waals surface area contributed by atoms with Gasteiger partial charge in [0.05, 0.1) is 9.79 Å². The molecule has 0 aliphatic heterocycles. The highest BCUT2D eigenvalue weighted by molar-refractivity contribution is 7.90. The van der Waals surface area contributed by atoms with Gasteiger partial charge in [-0.15, -0.1) is 0 Å². The van der Waals surface area contributed by atoms with Crippen LogP contribution in [0, 0.1) is 0 Å². The summed E-state index contributed by atoms with van der Waals surface area (Å²) in [5.74, 6) is -0.139. The number of amides is 1. The molecule has 0 atom stereocenters. The van der Waals surface area contributed by atoms with E-state index in [9.17, 15) is 21.6 Å². The molecule has 1 N–H and O–H groups in total. The Bertz CT molecular complexity index is 1060. The summed E-state index contributed by atoms with van der Waals surface area (Å²) in [6.07, 6.45) is 1.10. The molecule has 2 rings (SSSR count). The number of sulfone groups is 1. The summed E-state index contributed by atoms with van der Waals surface area (Å²) in [4.78, 5) is 12.4. The second-order valence-electron chi connectivity index (χ2n) is 6.20. The lowest BCUT2D eigenvalue weighted by atomic mass is 10.3. The van der Waals surface area contributed by atoms with Crippen LogP contribution in [0.25, 0.3) is 0 Å². The molecule has 0 spiro atoms. The number of hydrogen-bond donors (Lipinski definition) is 1. The number of rotatable bonds is 9. The minimum Gasteiger partial charge on any atom is -0.484 e. The van der Waals surface area contributed by atoms with Gasteiger partial charge in [-0.25, -0.2) is 16.8 Å². The Balaban J connectivity index is 2.03. The first-order valence-electron chi connectivity index (χ1n) is 8.91. The minimum absolute atomic E-state index is 0.0938. The van der Waals surface area contributed by atoms with Crippen LogP contribution >= 0.6 is 0 Å². The van der Waals surface area contributed by atoms with Crippen LogP contribution in [0.15, 0.2) is 58.3 Å². The second-order valence-corrected chi connectivity index (χ2v) is 10.2. The number of nitrogens with zero attached hydrogens (tertiary/aromatic N) is 1. The van der Waals surface area contributed by atoms with Gasteiger partial charge in [0.1, 0.15) is 5.75 Å². The van der Waals surface area contributed by atoms with Gasteiger partial charge in [-0.2, -0.15) is 4.31 Å². The molecule has 2 aromatic carbocycles. The number of carbonyl (C=O) groups is 1. The zero-order valence-electron chi connectivity index (χ0n) is 16.5. The van der Waals surface area contributed by atoms with Crippen LogP contribution in [-0.2, 0) is 24.7 Å². The molecular formula is C19H24N2O6S2. The Labute approximate surface area is 171 Å². The number of hydrogen-bond acceptors (Lipinski definition) is 6. The normalized spacial score (nSPS) is 12.0. The molecule has 29 heavy (non-hydrogen) atoms. The lowest BCUT2D eigenvalue weighted by Crippen LogP contribution is -2.30. The molecule has 0 saturated heterocycles. The van der Waals surface area contributed by atoms with Crippen LogP contribution in [0.5, 0.6) is 5.75 Å². The van der Waals surface area contributed by atoms with Gasteiger partial charge in [0.25, 0.3) is 5.91 Å². The molecule has 0 saturated carbocycles. The quantitative estimate of drug-likeness (QED) is 0.640. The van der Waals surface area contributed by atoms with Gasteiger partial charge in [0.15, 0.2) is 16.4 Å². The number of anilines is 1. The largest absolute Gasteiger partial charge is 0.484 e. The maximum Gasteiger partial charge on any atom is 0.262 e. The van der Waals surface area contributed by atoms with Crippen molar-refractivity contribution in [2.75, 3.05) is 31.3 Å². The van der Waals surface area contributed by atoms with Crippen LogP contribution < -0.4 is 10.1 Å². The van der Waals surface area contributed by atoms with Gasteiger partial charge >= 0.3 is 0 Å². The topological polar surface area (TPSA) is 110 Å². The summed E-state index contributed by atoms with van der Waals surface area (Å²) < 4.78 is 54.7. The van der Waals surface area contributed by atoms with E-state index in [1.165, 1.54) is 40.7 Å². The fourth-order valence-corrected chi connectivity index (χ4v) is 4.71. The first-order chi connectivity index (χ1) is 13.6. The lowest BCUT2D eigenvalue weighted by Gasteiger charge is -2.18. The van der Waals surface area contributed by atoms with Crippen LogP contribution in [-0.4, -0.2) is 53.0 Å². The van der Waals surface area contributed by atoms with Crippen molar-refractivity contribution in [1.29, 1.82) is 0 Å². The third-order valence-electron chi connectivity index (χ3n) is 4.08. The van der Waals surface area contributed by atoms with Gasteiger partial charge < -0.3 is 10.1 Å². The van der Waals surface area contributed by atoms with E-state index in [1.54, 1.807) is 26.0 Å². The van der Waals surface area contributed by atoms with Gasteiger partial charge in [-0.3, -0.25) is 4.79 Å². The molecule has 2 aromatic rings. The predicted molar refractivity (Wildman–Crippen MR) is 110 cm³/mol. The molecule has 158 valence electrons. The number of carbonyl (C=O) groups excluding carboxylic acids is 1. The average Bonchev–Trinajstić information content (AvgIpc) is 2.67. The fourth-order valence-electron chi connectivity index (χ4n) is 2.58. The standard InChI is InChI=1S/C19H24N2O6S2/c1-4-21(5-2)29(25,26)18-8-6-7-15(13-18)20-19(22)14-27-16-9-11-17(12-10-16)28(3,23)24/h6-13H,4-5,14H2,1-3H3,(H,20,22). The summed E-state index contributed by atoms with van der Waals surface area (Å²) >= 11 is 0. The molecule has 0 bridgehead atoms. The number of sulfonamides is 1. The maximum atomic E-state index is 12.6.